The van der Waals surface area contributed by atoms with E-state index in [1.807, 2.05) is 36.4 Å². The highest BCUT2D eigenvalue weighted by Gasteiger charge is 2.22. The van der Waals surface area contributed by atoms with Crippen LogP contribution in [0.3, 0.4) is 0 Å². The monoisotopic (exact) mass is 513 g/mol. The molecule has 182 valence electrons. The Morgan fingerprint density at radius 1 is 1.14 bits per heavy atom. The number of hydrogen-bond donors (Lipinski definition) is 0. The van der Waals surface area contributed by atoms with Crippen molar-refractivity contribution in [3.8, 4) is 23.0 Å². The lowest BCUT2D eigenvalue weighted by atomic mass is 10.2. The quantitative estimate of drug-likeness (QED) is 0.270. The van der Waals surface area contributed by atoms with Gasteiger partial charge in [-0.1, -0.05) is 34.6 Å². The molecule has 0 radical (unpaired) electrons. The smallest absolute Gasteiger partial charge is 0.258 e. The van der Waals surface area contributed by atoms with Crippen LogP contribution in [0.1, 0.15) is 24.5 Å². The molecular formula is C24H24ClN5O4S. The van der Waals surface area contributed by atoms with Gasteiger partial charge in [-0.3, -0.25) is 0 Å². The first-order valence-electron chi connectivity index (χ1n) is 11.2. The number of ether oxygens (including phenoxy) is 3. The van der Waals surface area contributed by atoms with E-state index in [0.717, 1.165) is 47.5 Å². The largest absolute Gasteiger partial charge is 0.497 e. The van der Waals surface area contributed by atoms with Gasteiger partial charge in [-0.25, -0.2) is 0 Å². The second kappa shape index (κ2) is 11.1. The Labute approximate surface area is 211 Å². The predicted octanol–water partition coefficient (Wildman–Crippen LogP) is 5.04. The highest BCUT2D eigenvalue weighted by molar-refractivity contribution is 7.98. The number of methoxy groups -OCH3 is 1. The molecule has 2 aromatic heterocycles. The Hall–Kier alpha value is -3.08. The number of aromatic nitrogens is 5. The third-order valence-electron chi connectivity index (χ3n) is 5.50. The van der Waals surface area contributed by atoms with E-state index >= 15 is 0 Å². The molecule has 0 N–H and O–H groups in total. The maximum atomic E-state index is 6.07. The number of rotatable bonds is 10. The lowest BCUT2D eigenvalue weighted by Crippen LogP contribution is -2.18. The summed E-state index contributed by atoms with van der Waals surface area (Å²) in [6.07, 6.45) is 2.20. The molecule has 0 bridgehead atoms. The molecule has 0 aliphatic carbocycles. The van der Waals surface area contributed by atoms with E-state index in [9.17, 15) is 0 Å². The second-order valence-electron chi connectivity index (χ2n) is 7.92. The van der Waals surface area contributed by atoms with E-state index in [-0.39, 0.29) is 12.7 Å². The summed E-state index contributed by atoms with van der Waals surface area (Å²) in [5.74, 6) is 3.70. The molecule has 1 unspecified atom stereocenters. The highest BCUT2D eigenvalue weighted by Crippen LogP contribution is 2.26. The minimum atomic E-state index is 0.129. The first-order valence-corrected chi connectivity index (χ1v) is 12.6. The van der Waals surface area contributed by atoms with Crippen molar-refractivity contribution in [3.63, 3.8) is 0 Å². The van der Waals surface area contributed by atoms with Crippen molar-refractivity contribution in [2.75, 3.05) is 13.7 Å². The van der Waals surface area contributed by atoms with Gasteiger partial charge in [-0.05, 0) is 55.3 Å². The normalized spacial score (nSPS) is 15.4. The fraction of sp³-hybridized carbons (Fsp3) is 0.333. The van der Waals surface area contributed by atoms with Crippen LogP contribution in [0.2, 0.25) is 5.02 Å². The maximum Gasteiger partial charge on any atom is 0.258 e. The van der Waals surface area contributed by atoms with Crippen LogP contribution in [0.15, 0.2) is 58.2 Å². The number of thioether (sulfide) groups is 1. The molecule has 0 spiro atoms. The second-order valence-corrected chi connectivity index (χ2v) is 9.30. The molecule has 1 fully saturated rings. The van der Waals surface area contributed by atoms with Gasteiger partial charge in [0.15, 0.2) is 16.8 Å². The molecule has 2 aromatic carbocycles. The topological polar surface area (TPSA) is 97.3 Å². The molecule has 9 nitrogen and oxygen atoms in total. The molecule has 5 rings (SSSR count). The van der Waals surface area contributed by atoms with Gasteiger partial charge in [-0.2, -0.15) is 4.98 Å². The molecule has 1 aliphatic heterocycles. The van der Waals surface area contributed by atoms with E-state index in [4.69, 9.17) is 30.3 Å². The molecule has 1 aliphatic rings. The van der Waals surface area contributed by atoms with Crippen molar-refractivity contribution >= 4 is 23.4 Å². The van der Waals surface area contributed by atoms with Gasteiger partial charge in [0.2, 0.25) is 0 Å². The van der Waals surface area contributed by atoms with Crippen molar-refractivity contribution in [1.29, 1.82) is 0 Å². The minimum Gasteiger partial charge on any atom is -0.497 e. The van der Waals surface area contributed by atoms with Crippen molar-refractivity contribution in [1.82, 2.24) is 24.9 Å². The van der Waals surface area contributed by atoms with Crippen LogP contribution in [0.4, 0.5) is 0 Å². The minimum absolute atomic E-state index is 0.129. The van der Waals surface area contributed by atoms with Gasteiger partial charge < -0.3 is 23.3 Å². The van der Waals surface area contributed by atoms with E-state index in [1.54, 1.807) is 19.2 Å². The third-order valence-corrected chi connectivity index (χ3v) is 6.70. The van der Waals surface area contributed by atoms with Gasteiger partial charge in [0.05, 0.1) is 25.5 Å². The molecule has 4 aromatic rings. The van der Waals surface area contributed by atoms with Gasteiger partial charge in [0.25, 0.3) is 5.89 Å². The Morgan fingerprint density at radius 2 is 2.00 bits per heavy atom. The number of halogens is 1. The first kappa shape index (κ1) is 23.7. The molecule has 0 amide bonds. The Bertz CT molecular complexity index is 1260. The number of benzene rings is 2. The lowest BCUT2D eigenvalue weighted by molar-refractivity contribution is 0.0931. The van der Waals surface area contributed by atoms with Crippen LogP contribution >= 0.6 is 23.4 Å². The summed E-state index contributed by atoms with van der Waals surface area (Å²) in [5, 5.41) is 14.3. The standard InChI is InChI=1S/C24H24ClN5O4S/c1-31-18-7-9-19(10-8-18)33-14-22-27-28-24(30(22)13-20-6-3-11-32-20)35-15-21-26-23(34-29-21)16-4-2-5-17(25)12-16/h2,4-5,7-10,12,20H,3,6,11,13-15H2,1H3. The van der Waals surface area contributed by atoms with E-state index in [2.05, 4.69) is 24.9 Å². The van der Waals surface area contributed by atoms with Gasteiger partial charge >= 0.3 is 0 Å². The SMILES string of the molecule is COc1ccc(OCc2nnc(SCc3noc(-c4cccc(Cl)c4)n3)n2CC2CCCO2)cc1. The van der Waals surface area contributed by atoms with Gasteiger partial charge in [0, 0.05) is 17.2 Å². The zero-order valence-corrected chi connectivity index (χ0v) is 20.7. The Morgan fingerprint density at radius 3 is 2.77 bits per heavy atom. The number of nitrogens with zero attached hydrogens (tertiary/aromatic N) is 5. The van der Waals surface area contributed by atoms with Crippen molar-refractivity contribution in [2.24, 2.45) is 0 Å². The molecule has 3 heterocycles. The van der Waals surface area contributed by atoms with Crippen LogP contribution in [0, 0.1) is 0 Å². The summed E-state index contributed by atoms with van der Waals surface area (Å²) in [5.41, 5.74) is 0.778. The number of hydrogen-bond acceptors (Lipinski definition) is 9. The van der Waals surface area contributed by atoms with Crippen molar-refractivity contribution < 1.29 is 18.7 Å². The summed E-state index contributed by atoms with van der Waals surface area (Å²) in [4.78, 5) is 4.49. The summed E-state index contributed by atoms with van der Waals surface area (Å²) in [6.45, 7) is 1.73. The molecule has 0 saturated carbocycles. The first-order chi connectivity index (χ1) is 17.2. The third kappa shape index (κ3) is 5.95. The predicted molar refractivity (Wildman–Crippen MR) is 131 cm³/mol. The van der Waals surface area contributed by atoms with Gasteiger partial charge in [0.1, 0.15) is 18.1 Å². The molecule has 35 heavy (non-hydrogen) atoms. The van der Waals surface area contributed by atoms with Crippen LogP contribution < -0.4 is 9.47 Å². The van der Waals surface area contributed by atoms with E-state index < -0.39 is 0 Å². The average Bonchev–Trinajstić information content (AvgIpc) is 3.64. The summed E-state index contributed by atoms with van der Waals surface area (Å²) >= 11 is 7.57. The van der Waals surface area contributed by atoms with Crippen LogP contribution in [0.5, 0.6) is 11.5 Å². The molecule has 1 atom stereocenters. The molecule has 1 saturated heterocycles. The van der Waals surface area contributed by atoms with Crippen LogP contribution in [-0.4, -0.2) is 44.7 Å². The van der Waals surface area contributed by atoms with E-state index in [0.29, 0.717) is 29.0 Å². The average molecular weight is 514 g/mol. The van der Waals surface area contributed by atoms with Crippen LogP contribution in [0.25, 0.3) is 11.5 Å². The Balaban J connectivity index is 1.28. The Kier molecular flexibility index (Phi) is 7.51. The summed E-state index contributed by atoms with van der Waals surface area (Å²) in [6, 6.07) is 14.8. The fourth-order valence-corrected chi connectivity index (χ4v) is 4.71. The fourth-order valence-electron chi connectivity index (χ4n) is 3.71. The lowest BCUT2D eigenvalue weighted by Gasteiger charge is -2.15. The maximum absolute atomic E-state index is 6.07. The van der Waals surface area contributed by atoms with E-state index in [1.165, 1.54) is 11.8 Å². The zero-order chi connectivity index (χ0) is 24.0. The zero-order valence-electron chi connectivity index (χ0n) is 19.1. The molecular weight excluding hydrogens is 490 g/mol. The highest BCUT2D eigenvalue weighted by atomic mass is 35.5. The van der Waals surface area contributed by atoms with Crippen molar-refractivity contribution in [2.45, 2.75) is 43.0 Å². The van der Waals surface area contributed by atoms with Crippen molar-refractivity contribution in [3.05, 3.63) is 65.2 Å². The summed E-state index contributed by atoms with van der Waals surface area (Å²) < 4.78 is 24.5. The summed E-state index contributed by atoms with van der Waals surface area (Å²) in [7, 11) is 1.63. The van der Waals surface area contributed by atoms with Crippen LogP contribution in [-0.2, 0) is 23.6 Å². The van der Waals surface area contributed by atoms with Gasteiger partial charge in [-0.15, -0.1) is 10.2 Å². The molecule has 11 heteroatoms.